The Bertz CT molecular complexity index is 1470. The second kappa shape index (κ2) is 13.3. The number of carbonyl (C=O) groups excluding carboxylic acids is 3. The molecule has 0 heterocycles. The van der Waals surface area contributed by atoms with Crippen molar-refractivity contribution in [2.75, 3.05) is 37.3 Å². The molecule has 3 aromatic rings. The Balaban J connectivity index is 1.34. The highest BCUT2D eigenvalue weighted by atomic mass is 16.5. The Hall–Kier alpha value is -5.09. The van der Waals surface area contributed by atoms with Crippen LogP contribution >= 0.6 is 0 Å². The molecule has 212 valence electrons. The van der Waals surface area contributed by atoms with Crippen molar-refractivity contribution in [1.82, 2.24) is 5.32 Å². The number of urea groups is 2. The zero-order chi connectivity index (χ0) is 29.4. The van der Waals surface area contributed by atoms with Gasteiger partial charge >= 0.3 is 12.1 Å². The molecule has 1 aliphatic carbocycles. The number of methoxy groups -OCH3 is 3. The summed E-state index contributed by atoms with van der Waals surface area (Å²) in [7, 11) is 4.46. The van der Waals surface area contributed by atoms with Crippen LogP contribution in [0.4, 0.5) is 26.7 Å². The van der Waals surface area contributed by atoms with Gasteiger partial charge in [-0.05, 0) is 47.5 Å². The van der Waals surface area contributed by atoms with Crippen molar-refractivity contribution in [3.8, 4) is 11.1 Å². The van der Waals surface area contributed by atoms with E-state index in [1.165, 1.54) is 27.4 Å². The number of amides is 5. The van der Waals surface area contributed by atoms with Crippen LogP contribution in [-0.2, 0) is 19.0 Å². The van der Waals surface area contributed by atoms with Crippen molar-refractivity contribution in [3.63, 3.8) is 0 Å². The Labute approximate surface area is 238 Å². The number of hydrogen-bond donors (Lipinski definition) is 4. The first-order valence-electron chi connectivity index (χ1n) is 12.8. The molecule has 2 atom stereocenters. The van der Waals surface area contributed by atoms with E-state index in [0.717, 1.165) is 11.1 Å². The van der Waals surface area contributed by atoms with Gasteiger partial charge in [0.1, 0.15) is 6.10 Å². The summed E-state index contributed by atoms with van der Waals surface area (Å²) in [5.41, 5.74) is 3.87. The zero-order valence-electron chi connectivity index (χ0n) is 23.2. The Morgan fingerprint density at radius 2 is 1.29 bits per heavy atom. The minimum Gasteiger partial charge on any atom is -0.494 e. The van der Waals surface area contributed by atoms with Crippen LogP contribution in [0.25, 0.3) is 11.1 Å². The normalized spacial score (nSPS) is 16.2. The van der Waals surface area contributed by atoms with Crippen molar-refractivity contribution in [3.05, 3.63) is 102 Å². The number of benzene rings is 3. The number of imide groups is 1. The highest BCUT2D eigenvalue weighted by Crippen LogP contribution is 2.32. The molecular formula is C31H32N4O6. The van der Waals surface area contributed by atoms with Gasteiger partial charge in [-0.15, -0.1) is 0 Å². The fourth-order valence-electron chi connectivity index (χ4n) is 4.52. The van der Waals surface area contributed by atoms with Crippen molar-refractivity contribution >= 4 is 35.0 Å². The molecule has 3 aromatic carbocycles. The highest BCUT2D eigenvalue weighted by Gasteiger charge is 2.36. The Morgan fingerprint density at radius 1 is 0.683 bits per heavy atom. The lowest BCUT2D eigenvalue weighted by atomic mass is 9.88. The fourth-order valence-corrected chi connectivity index (χ4v) is 4.52. The minimum atomic E-state index is -0.738. The summed E-state index contributed by atoms with van der Waals surface area (Å²) in [5, 5.41) is 10.5. The zero-order valence-corrected chi connectivity index (χ0v) is 23.2. The third kappa shape index (κ3) is 7.11. The van der Waals surface area contributed by atoms with Gasteiger partial charge in [-0.2, -0.15) is 0 Å². The molecule has 10 heteroatoms. The molecule has 0 saturated carbocycles. The van der Waals surface area contributed by atoms with Crippen LogP contribution in [0.5, 0.6) is 0 Å². The Morgan fingerprint density at radius 3 is 1.90 bits per heavy atom. The van der Waals surface area contributed by atoms with Crippen LogP contribution in [0.1, 0.15) is 6.92 Å². The molecule has 0 aromatic heterocycles. The van der Waals surface area contributed by atoms with E-state index in [0.29, 0.717) is 34.2 Å². The number of hydrogen-bond acceptors (Lipinski definition) is 6. The summed E-state index contributed by atoms with van der Waals surface area (Å²) >= 11 is 0. The maximum absolute atomic E-state index is 12.9. The van der Waals surface area contributed by atoms with Crippen LogP contribution < -0.4 is 21.3 Å². The molecule has 0 bridgehead atoms. The molecule has 4 N–H and O–H groups in total. The summed E-state index contributed by atoms with van der Waals surface area (Å²) in [6.07, 6.45) is 0.972. The van der Waals surface area contributed by atoms with Gasteiger partial charge in [0.2, 0.25) is 0 Å². The topological polar surface area (TPSA) is 127 Å². The average molecular weight is 557 g/mol. The van der Waals surface area contributed by atoms with Gasteiger partial charge in [0.25, 0.3) is 5.91 Å². The third-order valence-electron chi connectivity index (χ3n) is 6.54. The van der Waals surface area contributed by atoms with Crippen molar-refractivity contribution in [1.29, 1.82) is 0 Å². The number of allylic oxidation sites excluding steroid dienone is 1. The largest absolute Gasteiger partial charge is 0.494 e. The van der Waals surface area contributed by atoms with Gasteiger partial charge in [-0.1, -0.05) is 55.5 Å². The average Bonchev–Trinajstić information content (AvgIpc) is 2.97. The van der Waals surface area contributed by atoms with E-state index in [1.54, 1.807) is 31.2 Å². The predicted molar refractivity (Wildman–Crippen MR) is 157 cm³/mol. The van der Waals surface area contributed by atoms with Gasteiger partial charge in [-0.25, -0.2) is 9.59 Å². The van der Waals surface area contributed by atoms with E-state index < -0.39 is 30.0 Å². The molecule has 2 unspecified atom stereocenters. The second-order valence-corrected chi connectivity index (χ2v) is 9.19. The molecule has 0 fully saturated rings. The van der Waals surface area contributed by atoms with E-state index in [2.05, 4.69) is 21.3 Å². The van der Waals surface area contributed by atoms with Gasteiger partial charge in [-0.3, -0.25) is 10.1 Å². The molecule has 41 heavy (non-hydrogen) atoms. The van der Waals surface area contributed by atoms with E-state index in [9.17, 15) is 14.4 Å². The molecule has 10 nitrogen and oxygen atoms in total. The third-order valence-corrected chi connectivity index (χ3v) is 6.54. The Kier molecular flexibility index (Phi) is 9.39. The molecule has 0 radical (unpaired) electrons. The maximum Gasteiger partial charge on any atom is 0.326 e. The van der Waals surface area contributed by atoms with Crippen molar-refractivity contribution in [2.24, 2.45) is 5.92 Å². The molecule has 0 aliphatic heterocycles. The predicted octanol–water partition coefficient (Wildman–Crippen LogP) is 5.74. The van der Waals surface area contributed by atoms with Crippen LogP contribution in [-0.4, -0.2) is 45.4 Å². The molecule has 0 spiro atoms. The first-order chi connectivity index (χ1) is 19.8. The molecule has 0 saturated heterocycles. The first kappa shape index (κ1) is 28.9. The highest BCUT2D eigenvalue weighted by molar-refractivity contribution is 6.08. The molecular weight excluding hydrogens is 524 g/mol. The van der Waals surface area contributed by atoms with Crippen molar-refractivity contribution in [2.45, 2.75) is 13.0 Å². The lowest BCUT2D eigenvalue weighted by Crippen LogP contribution is -2.40. The summed E-state index contributed by atoms with van der Waals surface area (Å²) in [6, 6.07) is 22.8. The number of anilines is 3. The van der Waals surface area contributed by atoms with Crippen LogP contribution in [0.15, 0.2) is 102 Å². The monoisotopic (exact) mass is 556 g/mol. The van der Waals surface area contributed by atoms with Gasteiger partial charge in [0, 0.05) is 35.7 Å². The van der Waals surface area contributed by atoms with E-state index in [4.69, 9.17) is 14.2 Å². The summed E-state index contributed by atoms with van der Waals surface area (Å²) in [5.74, 6) is -0.204. The summed E-state index contributed by atoms with van der Waals surface area (Å²) in [4.78, 5) is 38.1. The van der Waals surface area contributed by atoms with Crippen LogP contribution in [0.3, 0.4) is 0 Å². The molecule has 5 amide bonds. The van der Waals surface area contributed by atoms with Gasteiger partial charge in [0.15, 0.2) is 11.5 Å². The lowest BCUT2D eigenvalue weighted by Gasteiger charge is -2.30. The maximum atomic E-state index is 12.9. The van der Waals surface area contributed by atoms with E-state index in [-0.39, 0.29) is 0 Å². The number of rotatable bonds is 8. The number of nitrogens with one attached hydrogen (secondary N) is 4. The second-order valence-electron chi connectivity index (χ2n) is 9.19. The standard InChI is InChI=1S/C31H32N4O6/c1-19-25(18-26(39-2)28(41-4)27(19)40-3)29(36)35-31(38)34-24-12-8-11-23(17-24)33-30(37)32-22-15-13-21(14-16-22)20-9-6-5-7-10-20/h5-19,27H,1-4H3,(H2,32,33,37)(H2,34,35,36,38). The summed E-state index contributed by atoms with van der Waals surface area (Å²) in [6.45, 7) is 1.79. The molecule has 4 rings (SSSR count). The summed E-state index contributed by atoms with van der Waals surface area (Å²) < 4.78 is 16.2. The quantitative estimate of drug-likeness (QED) is 0.280. The van der Waals surface area contributed by atoms with Crippen molar-refractivity contribution < 1.29 is 28.6 Å². The van der Waals surface area contributed by atoms with E-state index in [1.807, 2.05) is 54.6 Å². The van der Waals surface area contributed by atoms with Gasteiger partial charge in [0.05, 0.1) is 14.2 Å². The van der Waals surface area contributed by atoms with Gasteiger partial charge < -0.3 is 30.2 Å². The fraction of sp³-hybridized carbons (Fsp3) is 0.194. The molecule has 1 aliphatic rings. The van der Waals surface area contributed by atoms with Crippen LogP contribution in [0.2, 0.25) is 0 Å². The SMILES string of the molecule is COC1=C(OC)C(OC)C(C)C(C(=O)NC(=O)Nc2cccc(NC(=O)Nc3ccc(-c4ccccc4)cc3)c2)=C1. The number of carbonyl (C=O) groups is 3. The smallest absolute Gasteiger partial charge is 0.326 e. The van der Waals surface area contributed by atoms with E-state index >= 15 is 0 Å². The lowest BCUT2D eigenvalue weighted by molar-refractivity contribution is -0.117. The minimum absolute atomic E-state index is 0.300. The van der Waals surface area contributed by atoms with Crippen LogP contribution in [0, 0.1) is 5.92 Å². The first-order valence-corrected chi connectivity index (χ1v) is 12.8. The number of ether oxygens (including phenoxy) is 3.